The molecule has 2 aliphatic rings. The van der Waals surface area contributed by atoms with E-state index in [1.807, 2.05) is 4.90 Å². The fraction of sp³-hybridized carbons (Fsp3) is 0.917. The molecule has 0 atom stereocenters. The third-order valence-corrected chi connectivity index (χ3v) is 3.68. The Hall–Kier alpha value is -0.180. The maximum absolute atomic E-state index is 13.0. The zero-order chi connectivity index (χ0) is 13.0. The first kappa shape index (κ1) is 16.9. The van der Waals surface area contributed by atoms with Gasteiger partial charge in [0.1, 0.15) is 0 Å². The van der Waals surface area contributed by atoms with E-state index in [0.717, 1.165) is 13.1 Å². The molecular formula is C12H22F2IN3O. The highest BCUT2D eigenvalue weighted by Crippen LogP contribution is 2.36. The first-order chi connectivity index (χ1) is 8.57. The van der Waals surface area contributed by atoms with Gasteiger partial charge in [0.2, 0.25) is 5.92 Å². The number of hydrogen-bond donors (Lipinski definition) is 1. The SMILES string of the molecule is I.NC(=NCC1CCC(F)(F)CC1)N1CCOCC1. The van der Waals surface area contributed by atoms with E-state index in [0.29, 0.717) is 38.6 Å². The lowest BCUT2D eigenvalue weighted by atomic mass is 9.87. The van der Waals surface area contributed by atoms with E-state index >= 15 is 0 Å². The quantitative estimate of drug-likeness (QED) is 0.447. The minimum Gasteiger partial charge on any atom is -0.378 e. The summed E-state index contributed by atoms with van der Waals surface area (Å²) in [5, 5.41) is 0. The summed E-state index contributed by atoms with van der Waals surface area (Å²) < 4.78 is 31.2. The van der Waals surface area contributed by atoms with Crippen LogP contribution in [0.4, 0.5) is 8.78 Å². The number of aliphatic imine (C=N–C) groups is 1. The number of alkyl halides is 2. The number of nitrogens with two attached hydrogens (primary N) is 1. The van der Waals surface area contributed by atoms with Crippen molar-refractivity contribution in [1.29, 1.82) is 0 Å². The summed E-state index contributed by atoms with van der Waals surface area (Å²) in [5.41, 5.74) is 5.89. The summed E-state index contributed by atoms with van der Waals surface area (Å²) in [6, 6.07) is 0. The Morgan fingerprint density at radius 2 is 1.84 bits per heavy atom. The molecule has 0 spiro atoms. The van der Waals surface area contributed by atoms with Gasteiger partial charge in [0, 0.05) is 32.5 Å². The van der Waals surface area contributed by atoms with Crippen molar-refractivity contribution >= 4 is 29.9 Å². The standard InChI is InChI=1S/C12H21F2N3O.HI/c13-12(14)3-1-10(2-4-12)9-16-11(15)17-5-7-18-8-6-17;/h10H,1-9H2,(H2,15,16);1H. The van der Waals surface area contributed by atoms with Crippen LogP contribution < -0.4 is 5.73 Å². The van der Waals surface area contributed by atoms with Crippen molar-refractivity contribution < 1.29 is 13.5 Å². The van der Waals surface area contributed by atoms with Crippen LogP contribution in [0.25, 0.3) is 0 Å². The predicted molar refractivity (Wildman–Crippen MR) is 81.2 cm³/mol. The smallest absolute Gasteiger partial charge is 0.248 e. The Bertz CT molecular complexity index is 299. The number of morpholine rings is 1. The molecule has 0 bridgehead atoms. The maximum atomic E-state index is 13.0. The largest absolute Gasteiger partial charge is 0.378 e. The monoisotopic (exact) mass is 389 g/mol. The molecule has 0 aromatic carbocycles. The second-order valence-electron chi connectivity index (χ2n) is 5.10. The summed E-state index contributed by atoms with van der Waals surface area (Å²) in [6.07, 6.45) is 1.08. The van der Waals surface area contributed by atoms with Gasteiger partial charge in [0.25, 0.3) is 0 Å². The van der Waals surface area contributed by atoms with Crippen molar-refractivity contribution in [1.82, 2.24) is 4.90 Å². The summed E-state index contributed by atoms with van der Waals surface area (Å²) in [7, 11) is 0. The van der Waals surface area contributed by atoms with E-state index < -0.39 is 5.92 Å². The molecule has 1 saturated heterocycles. The van der Waals surface area contributed by atoms with Gasteiger partial charge in [-0.05, 0) is 18.8 Å². The molecule has 1 heterocycles. The van der Waals surface area contributed by atoms with Crippen LogP contribution in [-0.4, -0.2) is 49.6 Å². The zero-order valence-electron chi connectivity index (χ0n) is 11.0. The van der Waals surface area contributed by atoms with Crippen molar-refractivity contribution in [3.63, 3.8) is 0 Å². The third-order valence-electron chi connectivity index (χ3n) is 3.68. The lowest BCUT2D eigenvalue weighted by Crippen LogP contribution is -2.45. The number of guanidine groups is 1. The van der Waals surface area contributed by atoms with E-state index in [1.54, 1.807) is 0 Å². The minimum absolute atomic E-state index is 0. The minimum atomic E-state index is -2.46. The van der Waals surface area contributed by atoms with Crippen LogP contribution in [0, 0.1) is 5.92 Å². The number of nitrogens with zero attached hydrogens (tertiary/aromatic N) is 2. The van der Waals surface area contributed by atoms with Crippen LogP contribution in [0.15, 0.2) is 4.99 Å². The number of hydrogen-bond acceptors (Lipinski definition) is 2. The van der Waals surface area contributed by atoms with Gasteiger partial charge in [-0.25, -0.2) is 8.78 Å². The number of ether oxygens (including phenoxy) is 1. The molecule has 2 N–H and O–H groups in total. The van der Waals surface area contributed by atoms with Gasteiger partial charge in [-0.15, -0.1) is 24.0 Å². The van der Waals surface area contributed by atoms with Gasteiger partial charge in [-0.1, -0.05) is 0 Å². The highest BCUT2D eigenvalue weighted by Gasteiger charge is 2.34. The van der Waals surface area contributed by atoms with E-state index in [1.165, 1.54) is 0 Å². The first-order valence-electron chi connectivity index (χ1n) is 6.57. The van der Waals surface area contributed by atoms with Crippen molar-refractivity contribution in [3.8, 4) is 0 Å². The van der Waals surface area contributed by atoms with Crippen LogP contribution in [0.3, 0.4) is 0 Å². The fourth-order valence-corrected chi connectivity index (χ4v) is 2.40. The Labute approximate surface area is 129 Å². The molecule has 0 aromatic heterocycles. The van der Waals surface area contributed by atoms with E-state index in [-0.39, 0.29) is 42.7 Å². The van der Waals surface area contributed by atoms with Gasteiger partial charge in [-0.3, -0.25) is 4.99 Å². The van der Waals surface area contributed by atoms with Crippen LogP contribution >= 0.6 is 24.0 Å². The lowest BCUT2D eigenvalue weighted by molar-refractivity contribution is -0.0446. The Kier molecular flexibility index (Phi) is 6.72. The fourth-order valence-electron chi connectivity index (χ4n) is 2.40. The van der Waals surface area contributed by atoms with Crippen LogP contribution in [0.2, 0.25) is 0 Å². The Balaban J connectivity index is 0.00000180. The number of rotatable bonds is 2. The molecule has 0 radical (unpaired) electrons. The zero-order valence-corrected chi connectivity index (χ0v) is 13.3. The van der Waals surface area contributed by atoms with Crippen molar-refractivity contribution in [2.45, 2.75) is 31.6 Å². The Morgan fingerprint density at radius 3 is 2.42 bits per heavy atom. The molecule has 0 unspecified atom stereocenters. The molecule has 4 nitrogen and oxygen atoms in total. The molecule has 0 aromatic rings. The van der Waals surface area contributed by atoms with Gasteiger partial charge in [0.05, 0.1) is 13.2 Å². The number of halogens is 3. The van der Waals surface area contributed by atoms with E-state index in [4.69, 9.17) is 10.5 Å². The molecule has 2 fully saturated rings. The van der Waals surface area contributed by atoms with Gasteiger partial charge >= 0.3 is 0 Å². The summed E-state index contributed by atoms with van der Waals surface area (Å²) >= 11 is 0. The average molecular weight is 389 g/mol. The molecule has 1 saturated carbocycles. The van der Waals surface area contributed by atoms with Crippen LogP contribution in [-0.2, 0) is 4.74 Å². The highest BCUT2D eigenvalue weighted by atomic mass is 127. The van der Waals surface area contributed by atoms with Crippen molar-refractivity contribution in [3.05, 3.63) is 0 Å². The van der Waals surface area contributed by atoms with Gasteiger partial charge in [-0.2, -0.15) is 0 Å². The van der Waals surface area contributed by atoms with Gasteiger partial charge < -0.3 is 15.4 Å². The molecule has 112 valence electrons. The van der Waals surface area contributed by atoms with Crippen LogP contribution in [0.1, 0.15) is 25.7 Å². The van der Waals surface area contributed by atoms with Crippen molar-refractivity contribution in [2.24, 2.45) is 16.6 Å². The van der Waals surface area contributed by atoms with E-state index in [9.17, 15) is 8.78 Å². The second-order valence-corrected chi connectivity index (χ2v) is 5.10. The molecule has 7 heteroatoms. The average Bonchev–Trinajstić information content (AvgIpc) is 2.38. The van der Waals surface area contributed by atoms with Gasteiger partial charge in [0.15, 0.2) is 5.96 Å². The summed E-state index contributed by atoms with van der Waals surface area (Å²) in [4.78, 5) is 6.33. The second kappa shape index (κ2) is 7.56. The normalized spacial score (nSPS) is 24.9. The summed E-state index contributed by atoms with van der Waals surface area (Å²) in [5.74, 6) is -1.68. The van der Waals surface area contributed by atoms with Crippen molar-refractivity contribution in [2.75, 3.05) is 32.8 Å². The lowest BCUT2D eigenvalue weighted by Gasteiger charge is -2.29. The molecule has 2 rings (SSSR count). The molecule has 1 aliphatic carbocycles. The topological polar surface area (TPSA) is 50.8 Å². The van der Waals surface area contributed by atoms with E-state index in [2.05, 4.69) is 4.99 Å². The molecule has 19 heavy (non-hydrogen) atoms. The first-order valence-corrected chi connectivity index (χ1v) is 6.57. The predicted octanol–water partition coefficient (Wildman–Crippen LogP) is 2.08. The molecular weight excluding hydrogens is 367 g/mol. The Morgan fingerprint density at radius 1 is 1.26 bits per heavy atom. The maximum Gasteiger partial charge on any atom is 0.248 e. The third kappa shape index (κ3) is 5.37. The molecule has 0 amide bonds. The van der Waals surface area contributed by atoms with Crippen LogP contribution in [0.5, 0.6) is 0 Å². The summed E-state index contributed by atoms with van der Waals surface area (Å²) in [6.45, 7) is 3.44. The highest BCUT2D eigenvalue weighted by molar-refractivity contribution is 14.0. The molecule has 1 aliphatic heterocycles.